The molecule has 7 nitrogen and oxygen atoms in total. The highest BCUT2D eigenvalue weighted by Crippen LogP contribution is 2.08. The van der Waals surface area contributed by atoms with E-state index in [9.17, 15) is 0 Å². The first kappa shape index (κ1) is 24.7. The summed E-state index contributed by atoms with van der Waals surface area (Å²) in [5, 5.41) is 0. The number of aryl methyl sites for hydroxylation is 1. The summed E-state index contributed by atoms with van der Waals surface area (Å²) < 4.78 is 0. The predicted molar refractivity (Wildman–Crippen MR) is 118 cm³/mol. The highest BCUT2D eigenvalue weighted by molar-refractivity contribution is 5.75. The lowest BCUT2D eigenvalue weighted by Crippen LogP contribution is -2.28. The molecule has 0 amide bonds. The molecule has 0 aliphatic heterocycles. The van der Waals surface area contributed by atoms with Crippen molar-refractivity contribution in [3.05, 3.63) is 35.4 Å². The molecule has 154 valence electrons. The van der Waals surface area contributed by atoms with Gasteiger partial charge in [-0.25, -0.2) is 0 Å². The molecule has 1 rings (SSSR count). The summed E-state index contributed by atoms with van der Waals surface area (Å²) in [4.78, 5) is 10.4. The Morgan fingerprint density at radius 2 is 1.26 bits per heavy atom. The average molecular weight is 378 g/mol. The van der Waals surface area contributed by atoms with Crippen molar-refractivity contribution in [1.82, 2.24) is 4.90 Å². The molecule has 0 radical (unpaired) electrons. The van der Waals surface area contributed by atoms with Crippen LogP contribution in [0.4, 0.5) is 0 Å². The first-order chi connectivity index (χ1) is 12.7. The fourth-order valence-corrected chi connectivity index (χ4v) is 2.23. The SMILES string of the molecule is CC(C)C.Cc1ccc(CN(CCCN=C(N)N)CCCN=C(N)N)cc1. The van der Waals surface area contributed by atoms with E-state index in [1.165, 1.54) is 11.1 Å². The Kier molecular flexibility index (Phi) is 13.6. The number of aliphatic imine (C=N–C) groups is 2. The second kappa shape index (κ2) is 14.8. The normalized spacial score (nSPS) is 10.3. The molecule has 0 saturated carbocycles. The Bertz CT molecular complexity index is 515. The molecule has 0 bridgehead atoms. The summed E-state index contributed by atoms with van der Waals surface area (Å²) in [5.41, 5.74) is 24.0. The molecule has 8 N–H and O–H groups in total. The molecule has 0 aromatic heterocycles. The number of benzene rings is 1. The van der Waals surface area contributed by atoms with Crippen molar-refractivity contribution in [3.8, 4) is 0 Å². The van der Waals surface area contributed by atoms with Gasteiger partial charge in [-0.05, 0) is 31.2 Å². The lowest BCUT2D eigenvalue weighted by molar-refractivity contribution is 0.262. The van der Waals surface area contributed by atoms with Gasteiger partial charge in [-0.15, -0.1) is 0 Å². The van der Waals surface area contributed by atoms with E-state index < -0.39 is 0 Å². The number of guanidine groups is 2. The van der Waals surface area contributed by atoms with Crippen LogP contribution in [0.1, 0.15) is 44.7 Å². The minimum Gasteiger partial charge on any atom is -0.370 e. The maximum atomic E-state index is 5.35. The molecule has 0 heterocycles. The molecular formula is C20H39N7. The van der Waals surface area contributed by atoms with Crippen LogP contribution in [-0.2, 0) is 6.54 Å². The largest absolute Gasteiger partial charge is 0.370 e. The lowest BCUT2D eigenvalue weighted by atomic mass is 10.1. The first-order valence-electron chi connectivity index (χ1n) is 9.59. The van der Waals surface area contributed by atoms with Gasteiger partial charge in [0.05, 0.1) is 0 Å². The summed E-state index contributed by atoms with van der Waals surface area (Å²) in [7, 11) is 0. The summed E-state index contributed by atoms with van der Waals surface area (Å²) in [6, 6.07) is 8.58. The van der Waals surface area contributed by atoms with Crippen LogP contribution >= 0.6 is 0 Å². The van der Waals surface area contributed by atoms with Crippen molar-refractivity contribution in [2.45, 2.75) is 47.1 Å². The van der Waals surface area contributed by atoms with Gasteiger partial charge < -0.3 is 22.9 Å². The number of rotatable bonds is 10. The molecule has 1 aromatic carbocycles. The van der Waals surface area contributed by atoms with E-state index >= 15 is 0 Å². The fourth-order valence-electron chi connectivity index (χ4n) is 2.23. The third kappa shape index (κ3) is 16.9. The van der Waals surface area contributed by atoms with Crippen LogP contribution in [0.2, 0.25) is 0 Å². The number of nitrogens with zero attached hydrogens (tertiary/aromatic N) is 3. The molecule has 1 aromatic rings. The van der Waals surface area contributed by atoms with Gasteiger partial charge >= 0.3 is 0 Å². The zero-order valence-electron chi connectivity index (χ0n) is 17.5. The standard InChI is InChI=1S/C16H29N7.C4H10/c1-13-4-6-14(7-5-13)12-23(10-2-8-21-15(17)18)11-3-9-22-16(19)20;1-4(2)3/h4-7H,2-3,8-12H2,1H3,(H4,17,18,21)(H4,19,20,22);4H,1-3H3. The molecule has 0 aliphatic rings. The number of hydrogen-bond donors (Lipinski definition) is 4. The molecule has 0 atom stereocenters. The van der Waals surface area contributed by atoms with Crippen molar-refractivity contribution in [3.63, 3.8) is 0 Å². The highest BCUT2D eigenvalue weighted by atomic mass is 15.1. The Hall–Kier alpha value is -2.28. The molecule has 0 aliphatic carbocycles. The maximum absolute atomic E-state index is 5.35. The van der Waals surface area contributed by atoms with Gasteiger partial charge in [0.25, 0.3) is 0 Å². The number of hydrogen-bond acceptors (Lipinski definition) is 3. The Morgan fingerprint density at radius 3 is 1.63 bits per heavy atom. The van der Waals surface area contributed by atoms with Crippen LogP contribution in [0.25, 0.3) is 0 Å². The minimum atomic E-state index is 0.142. The van der Waals surface area contributed by atoms with Gasteiger partial charge in [0, 0.05) is 32.7 Å². The monoisotopic (exact) mass is 377 g/mol. The van der Waals surface area contributed by atoms with Crippen molar-refractivity contribution < 1.29 is 0 Å². The molecule has 0 fully saturated rings. The zero-order chi connectivity index (χ0) is 20.7. The van der Waals surface area contributed by atoms with E-state index in [2.05, 4.69) is 66.8 Å². The lowest BCUT2D eigenvalue weighted by Gasteiger charge is -2.22. The van der Waals surface area contributed by atoms with Gasteiger partial charge in [0.2, 0.25) is 0 Å². The summed E-state index contributed by atoms with van der Waals surface area (Å²) in [5.74, 6) is 1.12. The second-order valence-corrected chi connectivity index (χ2v) is 7.31. The maximum Gasteiger partial charge on any atom is 0.185 e. The van der Waals surface area contributed by atoms with Crippen LogP contribution in [0.3, 0.4) is 0 Å². The van der Waals surface area contributed by atoms with Gasteiger partial charge in [-0.3, -0.25) is 14.9 Å². The zero-order valence-corrected chi connectivity index (χ0v) is 17.5. The van der Waals surface area contributed by atoms with Gasteiger partial charge in [0.1, 0.15) is 0 Å². The van der Waals surface area contributed by atoms with E-state index in [0.717, 1.165) is 38.4 Å². The van der Waals surface area contributed by atoms with E-state index in [1.807, 2.05) is 0 Å². The molecule has 0 saturated heterocycles. The highest BCUT2D eigenvalue weighted by Gasteiger charge is 2.06. The van der Waals surface area contributed by atoms with Gasteiger partial charge in [-0.2, -0.15) is 0 Å². The van der Waals surface area contributed by atoms with Gasteiger partial charge in [0.15, 0.2) is 11.9 Å². The van der Waals surface area contributed by atoms with Crippen LogP contribution in [0.5, 0.6) is 0 Å². The van der Waals surface area contributed by atoms with E-state index in [-0.39, 0.29) is 11.9 Å². The van der Waals surface area contributed by atoms with E-state index in [0.29, 0.717) is 13.1 Å². The van der Waals surface area contributed by atoms with Crippen molar-refractivity contribution in [1.29, 1.82) is 0 Å². The molecule has 0 unspecified atom stereocenters. The Balaban J connectivity index is 0.00000153. The second-order valence-electron chi connectivity index (χ2n) is 7.31. The fraction of sp³-hybridized carbons (Fsp3) is 0.600. The van der Waals surface area contributed by atoms with Crippen LogP contribution in [0, 0.1) is 12.8 Å². The number of nitrogens with two attached hydrogens (primary N) is 4. The minimum absolute atomic E-state index is 0.142. The molecule has 27 heavy (non-hydrogen) atoms. The van der Waals surface area contributed by atoms with Crippen LogP contribution < -0.4 is 22.9 Å². The summed E-state index contributed by atoms with van der Waals surface area (Å²) in [6.45, 7) is 12.6. The Morgan fingerprint density at radius 1 is 0.852 bits per heavy atom. The van der Waals surface area contributed by atoms with Gasteiger partial charge in [-0.1, -0.05) is 50.6 Å². The van der Waals surface area contributed by atoms with Crippen molar-refractivity contribution in [2.24, 2.45) is 38.8 Å². The predicted octanol–water partition coefficient (Wildman–Crippen LogP) is 1.79. The summed E-state index contributed by atoms with van der Waals surface area (Å²) >= 11 is 0. The smallest absolute Gasteiger partial charge is 0.185 e. The van der Waals surface area contributed by atoms with Crippen molar-refractivity contribution in [2.75, 3.05) is 26.2 Å². The molecule has 0 spiro atoms. The van der Waals surface area contributed by atoms with E-state index in [4.69, 9.17) is 22.9 Å². The third-order valence-corrected chi connectivity index (χ3v) is 3.38. The topological polar surface area (TPSA) is 132 Å². The van der Waals surface area contributed by atoms with Crippen LogP contribution in [0.15, 0.2) is 34.3 Å². The quantitative estimate of drug-likeness (QED) is 0.280. The van der Waals surface area contributed by atoms with Crippen LogP contribution in [-0.4, -0.2) is 43.0 Å². The third-order valence-electron chi connectivity index (χ3n) is 3.38. The summed E-state index contributed by atoms with van der Waals surface area (Å²) in [6.07, 6.45) is 1.82. The Labute approximate surface area is 164 Å². The van der Waals surface area contributed by atoms with E-state index in [1.54, 1.807) is 0 Å². The van der Waals surface area contributed by atoms with Crippen molar-refractivity contribution >= 4 is 11.9 Å². The molecular weight excluding hydrogens is 338 g/mol. The first-order valence-corrected chi connectivity index (χ1v) is 9.59. The molecule has 7 heteroatoms. The average Bonchev–Trinajstić information content (AvgIpc) is 2.56.